The lowest BCUT2D eigenvalue weighted by atomic mass is 10.1. The van der Waals surface area contributed by atoms with Gasteiger partial charge in [-0.2, -0.15) is 0 Å². The zero-order chi connectivity index (χ0) is 15.0. The van der Waals surface area contributed by atoms with E-state index in [1.54, 1.807) is 29.6 Å². The van der Waals surface area contributed by atoms with Gasteiger partial charge in [0.05, 0.1) is 5.02 Å². The lowest BCUT2D eigenvalue weighted by Gasteiger charge is -2.05. The van der Waals surface area contributed by atoms with E-state index in [4.69, 9.17) is 28.9 Å². The van der Waals surface area contributed by atoms with Crippen molar-refractivity contribution >= 4 is 51.9 Å². The van der Waals surface area contributed by atoms with Gasteiger partial charge in [0.25, 0.3) is 0 Å². The second-order valence-corrected chi connectivity index (χ2v) is 7.77. The molecule has 0 saturated carbocycles. The maximum Gasteiger partial charge on any atom is 0.153 e. The van der Waals surface area contributed by atoms with Crippen molar-refractivity contribution in [3.8, 4) is 0 Å². The van der Waals surface area contributed by atoms with E-state index >= 15 is 0 Å². The minimum absolute atomic E-state index is 0.664. The Morgan fingerprint density at radius 3 is 2.75 bits per heavy atom. The van der Waals surface area contributed by atoms with Gasteiger partial charge in [0.1, 0.15) is 0 Å². The summed E-state index contributed by atoms with van der Waals surface area (Å²) in [5.41, 5.74) is 5.85. The summed E-state index contributed by atoms with van der Waals surface area (Å²) in [5, 5.41) is 2.12. The quantitative estimate of drug-likeness (QED) is 0.318. The summed E-state index contributed by atoms with van der Waals surface area (Å²) in [6.45, 7) is 5.18. The summed E-state index contributed by atoms with van der Waals surface area (Å²) in [7, 11) is 0. The molecular formula is C14H20Cl2N2S2. The van der Waals surface area contributed by atoms with E-state index in [0.717, 1.165) is 34.4 Å². The molecule has 2 nitrogen and oxygen atoms in total. The molecule has 1 aromatic carbocycles. The van der Waals surface area contributed by atoms with E-state index < -0.39 is 0 Å². The third-order valence-corrected chi connectivity index (χ3v) is 5.28. The first-order valence-corrected chi connectivity index (χ1v) is 9.22. The average molecular weight is 351 g/mol. The van der Waals surface area contributed by atoms with Crippen LogP contribution < -0.4 is 5.73 Å². The van der Waals surface area contributed by atoms with Crippen LogP contribution in [0.3, 0.4) is 0 Å². The molecular weight excluding hydrogens is 331 g/mol. The van der Waals surface area contributed by atoms with Gasteiger partial charge in [-0.3, -0.25) is 4.99 Å². The fourth-order valence-electron chi connectivity index (χ4n) is 1.36. The molecule has 0 saturated heterocycles. The number of hydrogen-bond donors (Lipinski definition) is 1. The fourth-order valence-corrected chi connectivity index (χ4v) is 3.58. The van der Waals surface area contributed by atoms with E-state index in [0.29, 0.717) is 16.1 Å². The molecule has 0 aliphatic heterocycles. The molecule has 1 aromatic rings. The van der Waals surface area contributed by atoms with Crippen molar-refractivity contribution in [3.63, 3.8) is 0 Å². The van der Waals surface area contributed by atoms with E-state index in [2.05, 4.69) is 18.8 Å². The Morgan fingerprint density at radius 2 is 2.05 bits per heavy atom. The van der Waals surface area contributed by atoms with Crippen LogP contribution in [0.25, 0.3) is 0 Å². The predicted octanol–water partition coefficient (Wildman–Crippen LogP) is 5.18. The molecule has 0 bridgehead atoms. The van der Waals surface area contributed by atoms with E-state index in [9.17, 15) is 0 Å². The summed E-state index contributed by atoms with van der Waals surface area (Å²) in [4.78, 5) is 5.35. The van der Waals surface area contributed by atoms with Crippen molar-refractivity contribution < 1.29 is 0 Å². The first-order valence-electron chi connectivity index (χ1n) is 6.49. The van der Waals surface area contributed by atoms with E-state index in [-0.39, 0.29) is 0 Å². The second-order valence-electron chi connectivity index (χ2n) is 4.67. The van der Waals surface area contributed by atoms with Gasteiger partial charge >= 0.3 is 0 Å². The molecule has 0 fully saturated rings. The highest BCUT2D eigenvalue weighted by Gasteiger charge is 2.03. The number of rotatable bonds is 7. The predicted molar refractivity (Wildman–Crippen MR) is 95.6 cm³/mol. The first-order chi connectivity index (χ1) is 9.49. The Labute approximate surface area is 139 Å². The van der Waals surface area contributed by atoms with Crippen molar-refractivity contribution in [3.05, 3.63) is 28.2 Å². The second kappa shape index (κ2) is 9.82. The topological polar surface area (TPSA) is 38.4 Å². The maximum absolute atomic E-state index is 6.10. The van der Waals surface area contributed by atoms with Crippen LogP contribution in [0.1, 0.15) is 20.3 Å². The molecule has 0 heterocycles. The van der Waals surface area contributed by atoms with Crippen LogP contribution in [0.15, 0.2) is 28.1 Å². The SMILES string of the molecule is CC(C)CCN=C(N)SCCSc1cc(Cl)ccc1Cl. The zero-order valence-corrected chi connectivity index (χ0v) is 14.9. The number of hydrogen-bond acceptors (Lipinski definition) is 3. The number of thioether (sulfide) groups is 2. The molecule has 0 aromatic heterocycles. The highest BCUT2D eigenvalue weighted by atomic mass is 35.5. The molecule has 2 N–H and O–H groups in total. The Kier molecular flexibility index (Phi) is 8.85. The standard InChI is InChI=1S/C14H20Cl2N2S2/c1-10(2)5-6-18-14(17)20-8-7-19-13-9-11(15)3-4-12(13)16/h3-4,9-10H,5-8H2,1-2H3,(H2,17,18). The van der Waals surface area contributed by atoms with Gasteiger partial charge in [0, 0.05) is 28.0 Å². The number of nitrogens with two attached hydrogens (primary N) is 1. The first kappa shape index (κ1) is 18.0. The molecule has 0 aliphatic carbocycles. The third kappa shape index (κ3) is 7.67. The highest BCUT2D eigenvalue weighted by molar-refractivity contribution is 8.14. The van der Waals surface area contributed by atoms with Gasteiger partial charge in [0.2, 0.25) is 0 Å². The van der Waals surface area contributed by atoms with Gasteiger partial charge in [-0.25, -0.2) is 0 Å². The van der Waals surface area contributed by atoms with Crippen LogP contribution in [-0.4, -0.2) is 23.2 Å². The molecule has 0 amide bonds. The van der Waals surface area contributed by atoms with Gasteiger partial charge in [-0.15, -0.1) is 11.8 Å². The number of aliphatic imine (C=N–C) groups is 1. The lowest BCUT2D eigenvalue weighted by molar-refractivity contribution is 0.597. The van der Waals surface area contributed by atoms with Crippen molar-refractivity contribution in [1.29, 1.82) is 0 Å². The van der Waals surface area contributed by atoms with Crippen LogP contribution in [0.2, 0.25) is 10.0 Å². The minimum atomic E-state index is 0.664. The lowest BCUT2D eigenvalue weighted by Crippen LogP contribution is -2.09. The summed E-state index contributed by atoms with van der Waals surface area (Å²) < 4.78 is 0. The molecule has 1 rings (SSSR count). The van der Waals surface area contributed by atoms with Gasteiger partial charge in [-0.05, 0) is 30.5 Å². The van der Waals surface area contributed by atoms with Crippen LogP contribution in [0, 0.1) is 5.92 Å². The Balaban J connectivity index is 2.26. The van der Waals surface area contributed by atoms with Crippen LogP contribution in [0.5, 0.6) is 0 Å². The summed E-state index contributed by atoms with van der Waals surface area (Å²) in [5.74, 6) is 2.49. The van der Waals surface area contributed by atoms with Crippen molar-refractivity contribution in [2.45, 2.75) is 25.2 Å². The largest absolute Gasteiger partial charge is 0.379 e. The number of nitrogens with zero attached hydrogens (tertiary/aromatic N) is 1. The van der Waals surface area contributed by atoms with Crippen LogP contribution in [-0.2, 0) is 0 Å². The van der Waals surface area contributed by atoms with Gasteiger partial charge < -0.3 is 5.73 Å². The minimum Gasteiger partial charge on any atom is -0.379 e. The molecule has 0 spiro atoms. The third-order valence-electron chi connectivity index (χ3n) is 2.46. The summed E-state index contributed by atoms with van der Waals surface area (Å²) in [6.07, 6.45) is 1.08. The van der Waals surface area contributed by atoms with Crippen LogP contribution >= 0.6 is 46.7 Å². The Hall–Kier alpha value is -0.0300. The normalized spacial score (nSPS) is 12.2. The van der Waals surface area contributed by atoms with E-state index in [1.165, 1.54) is 0 Å². The smallest absolute Gasteiger partial charge is 0.153 e. The van der Waals surface area contributed by atoms with E-state index in [1.807, 2.05) is 12.1 Å². The molecule has 0 radical (unpaired) electrons. The maximum atomic E-state index is 6.10. The summed E-state index contributed by atoms with van der Waals surface area (Å²) in [6, 6.07) is 5.50. The summed E-state index contributed by atoms with van der Waals surface area (Å²) >= 11 is 15.3. The average Bonchev–Trinajstić information content (AvgIpc) is 2.38. The monoisotopic (exact) mass is 350 g/mol. The Morgan fingerprint density at radius 1 is 1.30 bits per heavy atom. The number of amidine groups is 1. The number of halogens is 2. The van der Waals surface area contributed by atoms with Gasteiger partial charge in [-0.1, -0.05) is 48.8 Å². The van der Waals surface area contributed by atoms with Gasteiger partial charge in [0.15, 0.2) is 5.17 Å². The van der Waals surface area contributed by atoms with Crippen molar-refractivity contribution in [1.82, 2.24) is 0 Å². The molecule has 20 heavy (non-hydrogen) atoms. The number of benzene rings is 1. The molecule has 112 valence electrons. The van der Waals surface area contributed by atoms with Crippen molar-refractivity contribution in [2.75, 3.05) is 18.1 Å². The zero-order valence-electron chi connectivity index (χ0n) is 11.7. The van der Waals surface area contributed by atoms with Crippen molar-refractivity contribution in [2.24, 2.45) is 16.6 Å². The Bertz CT molecular complexity index is 451. The molecule has 6 heteroatoms. The molecule has 0 unspecified atom stereocenters. The highest BCUT2D eigenvalue weighted by Crippen LogP contribution is 2.30. The van der Waals surface area contributed by atoms with Crippen LogP contribution in [0.4, 0.5) is 0 Å². The molecule has 0 aliphatic rings. The molecule has 0 atom stereocenters. The fraction of sp³-hybridized carbons (Fsp3) is 0.500.